The van der Waals surface area contributed by atoms with Crippen molar-refractivity contribution in [2.75, 3.05) is 11.9 Å². The molecule has 2 rings (SSSR count). The molecule has 5 heteroatoms. The molecular formula is C16H18N2O3. The van der Waals surface area contributed by atoms with Gasteiger partial charge < -0.3 is 15.0 Å². The lowest BCUT2D eigenvalue weighted by molar-refractivity contribution is -0.119. The zero-order valence-corrected chi connectivity index (χ0v) is 12.1. The van der Waals surface area contributed by atoms with Crippen LogP contribution in [0.4, 0.5) is 5.69 Å². The van der Waals surface area contributed by atoms with Crippen LogP contribution in [-0.2, 0) is 16.0 Å². The van der Waals surface area contributed by atoms with Gasteiger partial charge in [-0.05, 0) is 36.6 Å². The predicted octanol–water partition coefficient (Wildman–Crippen LogP) is 2.68. The highest BCUT2D eigenvalue weighted by atomic mass is 16.5. The van der Waals surface area contributed by atoms with E-state index in [0.717, 1.165) is 23.2 Å². The second-order valence-corrected chi connectivity index (χ2v) is 4.67. The summed E-state index contributed by atoms with van der Waals surface area (Å²) in [7, 11) is 0. The van der Waals surface area contributed by atoms with Crippen LogP contribution in [0.5, 0.6) is 0 Å². The number of carbonyl (C=O) groups excluding carboxylic acids is 2. The third-order valence-corrected chi connectivity index (χ3v) is 3.16. The molecular weight excluding hydrogens is 268 g/mol. The van der Waals surface area contributed by atoms with Crippen molar-refractivity contribution in [2.24, 2.45) is 0 Å². The van der Waals surface area contributed by atoms with Gasteiger partial charge in [-0.15, -0.1) is 0 Å². The molecule has 1 aromatic carbocycles. The van der Waals surface area contributed by atoms with Gasteiger partial charge in [-0.25, -0.2) is 4.79 Å². The first kappa shape index (κ1) is 14.8. The molecule has 0 radical (unpaired) electrons. The zero-order chi connectivity index (χ0) is 15.2. The van der Waals surface area contributed by atoms with E-state index in [9.17, 15) is 9.59 Å². The van der Waals surface area contributed by atoms with Crippen molar-refractivity contribution in [1.29, 1.82) is 0 Å². The number of aromatic nitrogens is 1. The molecule has 0 saturated carbocycles. The summed E-state index contributed by atoms with van der Waals surface area (Å²) in [6.45, 7) is 3.64. The number of esters is 1. The van der Waals surface area contributed by atoms with Crippen molar-refractivity contribution >= 4 is 17.6 Å². The van der Waals surface area contributed by atoms with Crippen LogP contribution in [0.1, 0.15) is 28.5 Å². The van der Waals surface area contributed by atoms with Gasteiger partial charge >= 0.3 is 5.97 Å². The van der Waals surface area contributed by atoms with Gasteiger partial charge in [-0.3, -0.25) is 4.79 Å². The monoisotopic (exact) mass is 286 g/mol. The van der Waals surface area contributed by atoms with Crippen LogP contribution in [0.15, 0.2) is 36.5 Å². The fourth-order valence-corrected chi connectivity index (χ4v) is 2.04. The number of aromatic amines is 1. The van der Waals surface area contributed by atoms with E-state index in [0.29, 0.717) is 5.69 Å². The van der Waals surface area contributed by atoms with Crippen LogP contribution in [0.2, 0.25) is 0 Å². The van der Waals surface area contributed by atoms with Crippen LogP contribution < -0.4 is 5.32 Å². The minimum absolute atomic E-state index is 0.310. The first-order chi connectivity index (χ1) is 10.1. The Labute approximate surface area is 123 Å². The van der Waals surface area contributed by atoms with E-state index in [-0.39, 0.29) is 12.5 Å². The lowest BCUT2D eigenvalue weighted by Crippen LogP contribution is -2.22. The van der Waals surface area contributed by atoms with Crippen LogP contribution >= 0.6 is 0 Å². The number of benzene rings is 1. The number of aryl methyl sites for hydroxylation is 2. The summed E-state index contributed by atoms with van der Waals surface area (Å²) in [4.78, 5) is 26.3. The largest absolute Gasteiger partial charge is 0.451 e. The minimum Gasteiger partial charge on any atom is -0.451 e. The third kappa shape index (κ3) is 3.72. The molecule has 0 spiro atoms. The summed E-state index contributed by atoms with van der Waals surface area (Å²) in [5.41, 5.74) is 3.16. The SMILES string of the molecule is CCc1cccc(C)c1NC(=O)COC(=O)c1ccc[nH]1. The van der Waals surface area contributed by atoms with Crippen molar-refractivity contribution < 1.29 is 14.3 Å². The Morgan fingerprint density at radius 1 is 1.24 bits per heavy atom. The topological polar surface area (TPSA) is 71.2 Å². The first-order valence-electron chi connectivity index (χ1n) is 6.80. The maximum atomic E-state index is 11.9. The third-order valence-electron chi connectivity index (χ3n) is 3.16. The molecule has 21 heavy (non-hydrogen) atoms. The van der Waals surface area contributed by atoms with E-state index in [1.165, 1.54) is 0 Å². The number of nitrogens with one attached hydrogen (secondary N) is 2. The zero-order valence-electron chi connectivity index (χ0n) is 12.1. The second kappa shape index (κ2) is 6.74. The summed E-state index contributed by atoms with van der Waals surface area (Å²) in [5, 5.41) is 2.80. The Balaban J connectivity index is 1.95. The minimum atomic E-state index is -0.546. The van der Waals surface area contributed by atoms with Crippen LogP contribution in [0.25, 0.3) is 0 Å². The summed E-state index contributed by atoms with van der Waals surface area (Å²) in [5.74, 6) is -0.894. The summed E-state index contributed by atoms with van der Waals surface area (Å²) in [6, 6.07) is 9.14. The van der Waals surface area contributed by atoms with Crippen molar-refractivity contribution in [3.63, 3.8) is 0 Å². The molecule has 0 aliphatic rings. The molecule has 0 bridgehead atoms. The van der Waals surface area contributed by atoms with Gasteiger partial charge in [0.2, 0.25) is 0 Å². The Bertz CT molecular complexity index is 633. The van der Waals surface area contributed by atoms with E-state index in [1.54, 1.807) is 18.3 Å². The van der Waals surface area contributed by atoms with Gasteiger partial charge in [-0.1, -0.05) is 25.1 Å². The maximum absolute atomic E-state index is 11.9. The maximum Gasteiger partial charge on any atom is 0.355 e. The van der Waals surface area contributed by atoms with E-state index in [4.69, 9.17) is 4.74 Å². The summed E-state index contributed by atoms with van der Waals surface area (Å²) in [6.07, 6.45) is 2.44. The van der Waals surface area contributed by atoms with Crippen LogP contribution in [0.3, 0.4) is 0 Å². The molecule has 0 aliphatic carbocycles. The molecule has 0 fully saturated rings. The van der Waals surface area contributed by atoms with Crippen LogP contribution in [0, 0.1) is 6.92 Å². The number of hydrogen-bond donors (Lipinski definition) is 2. The van der Waals surface area contributed by atoms with E-state index < -0.39 is 5.97 Å². The Morgan fingerprint density at radius 3 is 2.71 bits per heavy atom. The number of rotatable bonds is 5. The van der Waals surface area contributed by atoms with Gasteiger partial charge in [0.15, 0.2) is 6.61 Å². The molecule has 2 N–H and O–H groups in total. The van der Waals surface area contributed by atoms with Gasteiger partial charge in [-0.2, -0.15) is 0 Å². The number of anilines is 1. The lowest BCUT2D eigenvalue weighted by atomic mass is 10.1. The molecule has 0 aliphatic heterocycles. The average molecular weight is 286 g/mol. The van der Waals surface area contributed by atoms with Crippen molar-refractivity contribution in [3.8, 4) is 0 Å². The van der Waals surface area contributed by atoms with Gasteiger partial charge in [0, 0.05) is 11.9 Å². The fourth-order valence-electron chi connectivity index (χ4n) is 2.04. The molecule has 1 heterocycles. The van der Waals surface area contributed by atoms with E-state index in [1.807, 2.05) is 32.0 Å². The first-order valence-corrected chi connectivity index (χ1v) is 6.80. The quantitative estimate of drug-likeness (QED) is 0.830. The van der Waals surface area contributed by atoms with Gasteiger partial charge in [0.05, 0.1) is 0 Å². The number of ether oxygens (including phenoxy) is 1. The molecule has 110 valence electrons. The number of amides is 1. The second-order valence-electron chi connectivity index (χ2n) is 4.67. The fraction of sp³-hybridized carbons (Fsp3) is 0.250. The Hall–Kier alpha value is -2.56. The highest BCUT2D eigenvalue weighted by molar-refractivity contribution is 5.95. The average Bonchev–Trinajstić information content (AvgIpc) is 3.01. The standard InChI is InChI=1S/C16H18N2O3/c1-3-12-7-4-6-11(2)15(12)18-14(19)10-21-16(20)13-8-5-9-17-13/h4-9,17H,3,10H2,1-2H3,(H,18,19). The molecule has 5 nitrogen and oxygen atoms in total. The Morgan fingerprint density at radius 2 is 2.05 bits per heavy atom. The van der Waals surface area contributed by atoms with Crippen molar-refractivity contribution in [1.82, 2.24) is 4.98 Å². The summed E-state index contributed by atoms with van der Waals surface area (Å²) >= 11 is 0. The molecule has 1 aromatic heterocycles. The number of para-hydroxylation sites is 1. The number of H-pyrrole nitrogens is 1. The molecule has 2 aromatic rings. The van der Waals surface area contributed by atoms with Gasteiger partial charge in [0.1, 0.15) is 5.69 Å². The predicted molar refractivity (Wildman–Crippen MR) is 80.3 cm³/mol. The van der Waals surface area contributed by atoms with Crippen molar-refractivity contribution in [3.05, 3.63) is 53.3 Å². The highest BCUT2D eigenvalue weighted by Crippen LogP contribution is 2.20. The molecule has 0 saturated heterocycles. The van der Waals surface area contributed by atoms with Crippen molar-refractivity contribution in [2.45, 2.75) is 20.3 Å². The normalized spacial score (nSPS) is 10.2. The highest BCUT2D eigenvalue weighted by Gasteiger charge is 2.12. The van der Waals surface area contributed by atoms with E-state index in [2.05, 4.69) is 10.3 Å². The smallest absolute Gasteiger partial charge is 0.355 e. The van der Waals surface area contributed by atoms with Gasteiger partial charge in [0.25, 0.3) is 5.91 Å². The molecule has 0 atom stereocenters. The van der Waals surface area contributed by atoms with E-state index >= 15 is 0 Å². The van der Waals surface area contributed by atoms with Crippen LogP contribution in [-0.4, -0.2) is 23.5 Å². The number of carbonyl (C=O) groups is 2. The summed E-state index contributed by atoms with van der Waals surface area (Å²) < 4.78 is 4.95. The Kier molecular flexibility index (Phi) is 4.77. The number of hydrogen-bond acceptors (Lipinski definition) is 3. The lowest BCUT2D eigenvalue weighted by Gasteiger charge is -2.12. The molecule has 1 amide bonds. The molecule has 0 unspecified atom stereocenters.